The third-order valence-electron chi connectivity index (χ3n) is 3.37. The molecule has 2 aromatic carbocycles. The van der Waals surface area contributed by atoms with E-state index in [1.807, 2.05) is 66.8 Å². The molecule has 0 bridgehead atoms. The lowest BCUT2D eigenvalue weighted by Gasteiger charge is -2.17. The molecule has 0 aromatic heterocycles. The van der Waals surface area contributed by atoms with E-state index in [1.165, 1.54) is 0 Å². The second-order valence-corrected chi connectivity index (χ2v) is 4.89. The normalized spacial score (nSPS) is 14.4. The molecule has 0 aliphatic carbocycles. The Balaban J connectivity index is 1.88. The summed E-state index contributed by atoms with van der Waals surface area (Å²) < 4.78 is 0. The molecule has 3 nitrogen and oxygen atoms in total. The highest BCUT2D eigenvalue weighted by Crippen LogP contribution is 2.19. The van der Waals surface area contributed by atoms with E-state index in [2.05, 4.69) is 4.90 Å². The van der Waals surface area contributed by atoms with Gasteiger partial charge >= 0.3 is 0 Å². The summed E-state index contributed by atoms with van der Waals surface area (Å²) in [5, 5.41) is 2.15. The average Bonchev–Trinajstić information content (AvgIpc) is 2.83. The highest BCUT2D eigenvalue weighted by molar-refractivity contribution is 6.09. The molecule has 0 amide bonds. The zero-order valence-corrected chi connectivity index (χ0v) is 10.9. The SMILES string of the molecule is CN1C=CN(CC(=O)c2cccc3ccccc23)C1. The van der Waals surface area contributed by atoms with Gasteiger partial charge in [-0.2, -0.15) is 0 Å². The highest BCUT2D eigenvalue weighted by Gasteiger charge is 2.15. The van der Waals surface area contributed by atoms with Crippen LogP contribution in [0.2, 0.25) is 0 Å². The molecule has 3 rings (SSSR count). The van der Waals surface area contributed by atoms with Crippen LogP contribution in [0.4, 0.5) is 0 Å². The number of nitrogens with zero attached hydrogens (tertiary/aromatic N) is 2. The van der Waals surface area contributed by atoms with E-state index in [1.54, 1.807) is 0 Å². The predicted octanol–water partition coefficient (Wildman–Crippen LogP) is 2.70. The quantitative estimate of drug-likeness (QED) is 0.785. The third kappa shape index (κ3) is 2.32. The summed E-state index contributed by atoms with van der Waals surface area (Å²) in [7, 11) is 2.00. The third-order valence-corrected chi connectivity index (χ3v) is 3.37. The Morgan fingerprint density at radius 2 is 1.89 bits per heavy atom. The monoisotopic (exact) mass is 252 g/mol. The average molecular weight is 252 g/mol. The van der Waals surface area contributed by atoms with Crippen molar-refractivity contribution in [2.24, 2.45) is 0 Å². The minimum Gasteiger partial charge on any atom is -0.362 e. The fraction of sp³-hybridized carbons (Fsp3) is 0.188. The van der Waals surface area contributed by atoms with Gasteiger partial charge in [-0.1, -0.05) is 42.5 Å². The van der Waals surface area contributed by atoms with Crippen LogP contribution in [0.1, 0.15) is 10.4 Å². The molecule has 0 saturated heterocycles. The molecular formula is C16H16N2O. The van der Waals surface area contributed by atoms with Gasteiger partial charge in [-0.3, -0.25) is 4.79 Å². The number of Topliss-reactive ketones (excluding diaryl/α,β-unsaturated/α-hetero) is 1. The van der Waals surface area contributed by atoms with E-state index in [0.29, 0.717) is 6.54 Å². The second-order valence-electron chi connectivity index (χ2n) is 4.89. The summed E-state index contributed by atoms with van der Waals surface area (Å²) >= 11 is 0. The van der Waals surface area contributed by atoms with Crippen LogP contribution < -0.4 is 0 Å². The van der Waals surface area contributed by atoms with Crippen LogP contribution in [0, 0.1) is 0 Å². The van der Waals surface area contributed by atoms with Crippen LogP contribution in [0.5, 0.6) is 0 Å². The lowest BCUT2D eigenvalue weighted by atomic mass is 10.0. The number of hydrogen-bond acceptors (Lipinski definition) is 3. The topological polar surface area (TPSA) is 23.6 Å². The summed E-state index contributed by atoms with van der Waals surface area (Å²) in [5.74, 6) is 0.164. The lowest BCUT2D eigenvalue weighted by Crippen LogP contribution is -2.28. The molecule has 96 valence electrons. The molecule has 1 aliphatic rings. The zero-order chi connectivity index (χ0) is 13.2. The van der Waals surface area contributed by atoms with Crippen LogP contribution in [0.3, 0.4) is 0 Å². The molecule has 0 radical (unpaired) electrons. The summed E-state index contributed by atoms with van der Waals surface area (Å²) in [4.78, 5) is 16.5. The van der Waals surface area contributed by atoms with Gasteiger partial charge < -0.3 is 9.80 Å². The van der Waals surface area contributed by atoms with Crippen LogP contribution in [0.25, 0.3) is 10.8 Å². The van der Waals surface area contributed by atoms with Crippen molar-refractivity contribution in [3.63, 3.8) is 0 Å². The molecule has 19 heavy (non-hydrogen) atoms. The largest absolute Gasteiger partial charge is 0.362 e. The first-order valence-electron chi connectivity index (χ1n) is 6.37. The summed E-state index contributed by atoms with van der Waals surface area (Å²) in [6.07, 6.45) is 3.94. The standard InChI is InChI=1S/C16H16N2O/c1-17-9-10-18(12-17)11-16(19)15-8-4-6-13-5-2-3-7-14(13)15/h2-10H,11-12H2,1H3. The minimum atomic E-state index is 0.164. The van der Waals surface area contributed by atoms with Gasteiger partial charge in [-0.15, -0.1) is 0 Å². The maximum atomic E-state index is 12.4. The molecule has 0 fully saturated rings. The van der Waals surface area contributed by atoms with Gasteiger partial charge in [-0.05, 0) is 10.8 Å². The van der Waals surface area contributed by atoms with E-state index in [9.17, 15) is 4.79 Å². The van der Waals surface area contributed by atoms with Gasteiger partial charge in [0.15, 0.2) is 5.78 Å². The molecular weight excluding hydrogens is 236 g/mol. The lowest BCUT2D eigenvalue weighted by molar-refractivity contribution is 0.0950. The van der Waals surface area contributed by atoms with Crippen molar-refractivity contribution in [2.75, 3.05) is 20.3 Å². The first-order valence-corrected chi connectivity index (χ1v) is 6.37. The maximum absolute atomic E-state index is 12.4. The van der Waals surface area contributed by atoms with E-state index in [0.717, 1.165) is 23.0 Å². The van der Waals surface area contributed by atoms with Gasteiger partial charge in [0.1, 0.15) is 0 Å². The smallest absolute Gasteiger partial charge is 0.182 e. The number of ketones is 1. The van der Waals surface area contributed by atoms with Crippen molar-refractivity contribution in [1.29, 1.82) is 0 Å². The summed E-state index contributed by atoms with van der Waals surface area (Å²) in [6, 6.07) is 13.9. The molecule has 1 heterocycles. The number of fused-ring (bicyclic) bond motifs is 1. The minimum absolute atomic E-state index is 0.164. The maximum Gasteiger partial charge on any atom is 0.182 e. The molecule has 0 N–H and O–H groups in total. The van der Waals surface area contributed by atoms with Gasteiger partial charge in [0, 0.05) is 25.0 Å². The molecule has 3 heteroatoms. The van der Waals surface area contributed by atoms with Crippen LogP contribution in [0.15, 0.2) is 54.9 Å². The Bertz CT molecular complexity index is 643. The molecule has 1 aliphatic heterocycles. The fourth-order valence-electron chi connectivity index (χ4n) is 2.43. The van der Waals surface area contributed by atoms with Gasteiger partial charge in [0.2, 0.25) is 0 Å². The van der Waals surface area contributed by atoms with Crippen molar-refractivity contribution >= 4 is 16.6 Å². The molecule has 0 saturated carbocycles. The Morgan fingerprint density at radius 1 is 1.11 bits per heavy atom. The number of hydrogen-bond donors (Lipinski definition) is 0. The van der Waals surface area contributed by atoms with Crippen molar-refractivity contribution in [3.8, 4) is 0 Å². The van der Waals surface area contributed by atoms with Crippen molar-refractivity contribution in [2.45, 2.75) is 0 Å². The van der Waals surface area contributed by atoms with Crippen molar-refractivity contribution in [1.82, 2.24) is 9.80 Å². The van der Waals surface area contributed by atoms with Gasteiger partial charge in [0.25, 0.3) is 0 Å². The highest BCUT2D eigenvalue weighted by atomic mass is 16.1. The number of carbonyl (C=O) groups excluding carboxylic acids is 1. The van der Waals surface area contributed by atoms with Crippen molar-refractivity contribution in [3.05, 3.63) is 60.4 Å². The Morgan fingerprint density at radius 3 is 2.68 bits per heavy atom. The summed E-state index contributed by atoms with van der Waals surface area (Å²) in [5.41, 5.74) is 0.807. The Hall–Kier alpha value is -2.29. The first kappa shape index (κ1) is 11.8. The van der Waals surface area contributed by atoms with Gasteiger partial charge in [0.05, 0.1) is 13.2 Å². The number of rotatable bonds is 3. The number of carbonyl (C=O) groups is 1. The molecule has 2 aromatic rings. The van der Waals surface area contributed by atoms with Gasteiger partial charge in [-0.25, -0.2) is 0 Å². The molecule has 0 unspecified atom stereocenters. The molecule has 0 spiro atoms. The van der Waals surface area contributed by atoms with Crippen LogP contribution in [-0.2, 0) is 0 Å². The van der Waals surface area contributed by atoms with E-state index in [-0.39, 0.29) is 5.78 Å². The number of benzene rings is 2. The fourth-order valence-corrected chi connectivity index (χ4v) is 2.43. The van der Waals surface area contributed by atoms with Crippen molar-refractivity contribution < 1.29 is 4.79 Å². The second kappa shape index (κ2) is 4.76. The first-order chi connectivity index (χ1) is 9.24. The Kier molecular flexibility index (Phi) is 2.95. The molecule has 0 atom stereocenters. The zero-order valence-electron chi connectivity index (χ0n) is 10.9. The van der Waals surface area contributed by atoms with E-state index < -0.39 is 0 Å². The summed E-state index contributed by atoms with van der Waals surface area (Å²) in [6.45, 7) is 1.20. The Labute approximate surface area is 112 Å². The van der Waals surface area contributed by atoms with Crippen LogP contribution in [-0.4, -0.2) is 35.8 Å². The predicted molar refractivity (Wildman–Crippen MR) is 76.8 cm³/mol. The van der Waals surface area contributed by atoms with E-state index >= 15 is 0 Å². The van der Waals surface area contributed by atoms with E-state index in [4.69, 9.17) is 0 Å². The van der Waals surface area contributed by atoms with Crippen LogP contribution >= 0.6 is 0 Å².